The molecule has 1 amide bonds. The Balaban J connectivity index is 2.29. The maximum Gasteiger partial charge on any atom is 0.240 e. The minimum atomic E-state index is 0.134. The molecular formula is C14H21N3O. The molecule has 2 rings (SSSR count). The molecule has 1 aliphatic heterocycles. The van der Waals surface area contributed by atoms with Gasteiger partial charge in [0.05, 0.1) is 17.9 Å². The van der Waals surface area contributed by atoms with Crippen molar-refractivity contribution in [2.24, 2.45) is 0 Å². The molecule has 0 aromatic carbocycles. The Kier molecular flexibility index (Phi) is 3.97. The van der Waals surface area contributed by atoms with Gasteiger partial charge in [0, 0.05) is 12.2 Å². The predicted molar refractivity (Wildman–Crippen MR) is 72.9 cm³/mol. The van der Waals surface area contributed by atoms with Crippen LogP contribution in [0.25, 0.3) is 0 Å². The summed E-state index contributed by atoms with van der Waals surface area (Å²) in [7, 11) is 0. The van der Waals surface area contributed by atoms with E-state index in [1.807, 2.05) is 24.0 Å². The average Bonchev–Trinajstić information content (AvgIpc) is 2.54. The van der Waals surface area contributed by atoms with Gasteiger partial charge in [0.15, 0.2) is 0 Å². The van der Waals surface area contributed by atoms with Gasteiger partial charge in [-0.25, -0.2) is 0 Å². The lowest BCUT2D eigenvalue weighted by atomic mass is 10.1. The van der Waals surface area contributed by atoms with Crippen molar-refractivity contribution in [2.45, 2.75) is 33.1 Å². The predicted octanol–water partition coefficient (Wildman–Crippen LogP) is 1.84. The normalized spacial score (nSPS) is 17.1. The number of carbonyl (C=O) groups is 1. The number of hydrogen-bond donors (Lipinski definition) is 1. The lowest BCUT2D eigenvalue weighted by molar-refractivity contribution is -0.117. The van der Waals surface area contributed by atoms with Crippen molar-refractivity contribution in [3.05, 3.63) is 23.5 Å². The van der Waals surface area contributed by atoms with Crippen LogP contribution in [-0.4, -0.2) is 30.5 Å². The summed E-state index contributed by atoms with van der Waals surface area (Å²) in [4.78, 5) is 18.5. The lowest BCUT2D eigenvalue weighted by Gasteiger charge is -2.22. The number of hydrogen-bond acceptors (Lipinski definition) is 3. The van der Waals surface area contributed by atoms with Crippen molar-refractivity contribution in [3.63, 3.8) is 0 Å². The van der Waals surface area contributed by atoms with Gasteiger partial charge in [-0.15, -0.1) is 0 Å². The Morgan fingerprint density at radius 3 is 2.83 bits per heavy atom. The minimum Gasteiger partial charge on any atom is -0.309 e. The fourth-order valence-corrected chi connectivity index (χ4v) is 2.21. The Morgan fingerprint density at radius 1 is 1.39 bits per heavy atom. The van der Waals surface area contributed by atoms with Gasteiger partial charge in [-0.05, 0) is 37.9 Å². The Bertz CT molecular complexity index is 443. The highest BCUT2D eigenvalue weighted by Gasteiger charge is 2.20. The highest BCUT2D eigenvalue weighted by Crippen LogP contribution is 2.22. The molecule has 0 bridgehead atoms. The number of nitrogens with one attached hydrogen (secondary N) is 1. The Labute approximate surface area is 108 Å². The lowest BCUT2D eigenvalue weighted by Crippen LogP contribution is -2.35. The van der Waals surface area contributed by atoms with Gasteiger partial charge >= 0.3 is 0 Å². The number of amides is 1. The van der Waals surface area contributed by atoms with Crippen molar-refractivity contribution in [3.8, 4) is 0 Å². The first-order valence-corrected chi connectivity index (χ1v) is 6.58. The summed E-state index contributed by atoms with van der Waals surface area (Å²) >= 11 is 0. The van der Waals surface area contributed by atoms with Gasteiger partial charge < -0.3 is 10.2 Å². The van der Waals surface area contributed by atoms with Crippen molar-refractivity contribution in [1.29, 1.82) is 0 Å². The molecule has 1 saturated heterocycles. The van der Waals surface area contributed by atoms with Crippen LogP contribution in [0.4, 0.5) is 5.69 Å². The molecule has 0 atom stereocenters. The summed E-state index contributed by atoms with van der Waals surface area (Å²) < 4.78 is 0. The van der Waals surface area contributed by atoms with Crippen molar-refractivity contribution in [1.82, 2.24) is 10.3 Å². The molecule has 18 heavy (non-hydrogen) atoms. The molecule has 98 valence electrons. The van der Waals surface area contributed by atoms with E-state index in [1.165, 1.54) is 0 Å². The molecule has 0 aliphatic carbocycles. The molecule has 0 radical (unpaired) electrons. The third-order valence-electron chi connectivity index (χ3n) is 3.27. The summed E-state index contributed by atoms with van der Waals surface area (Å²) in [6, 6.07) is 4.06. The topological polar surface area (TPSA) is 45.2 Å². The largest absolute Gasteiger partial charge is 0.309 e. The van der Waals surface area contributed by atoms with Crippen LogP contribution < -0.4 is 10.2 Å². The maximum absolute atomic E-state index is 12.0. The third-order valence-corrected chi connectivity index (χ3v) is 3.27. The van der Waals surface area contributed by atoms with E-state index in [0.717, 1.165) is 36.6 Å². The summed E-state index contributed by atoms with van der Waals surface area (Å²) in [6.07, 6.45) is 0.983. The molecule has 1 aromatic rings. The molecule has 1 N–H and O–H groups in total. The van der Waals surface area contributed by atoms with Crippen molar-refractivity contribution < 1.29 is 4.79 Å². The highest BCUT2D eigenvalue weighted by atomic mass is 16.2. The smallest absolute Gasteiger partial charge is 0.240 e. The fourth-order valence-electron chi connectivity index (χ4n) is 2.21. The zero-order valence-corrected chi connectivity index (χ0v) is 11.4. The van der Waals surface area contributed by atoms with Crippen molar-refractivity contribution in [2.75, 3.05) is 24.5 Å². The zero-order chi connectivity index (χ0) is 13.1. The Hall–Kier alpha value is -1.42. The number of pyridine rings is 1. The first kappa shape index (κ1) is 13.0. The summed E-state index contributed by atoms with van der Waals surface area (Å²) in [6.45, 7) is 8.33. The average molecular weight is 247 g/mol. The van der Waals surface area contributed by atoms with E-state index in [2.05, 4.69) is 24.1 Å². The van der Waals surface area contributed by atoms with E-state index in [4.69, 9.17) is 0 Å². The van der Waals surface area contributed by atoms with Crippen LogP contribution >= 0.6 is 0 Å². The van der Waals surface area contributed by atoms with Gasteiger partial charge in [-0.1, -0.05) is 13.8 Å². The summed E-state index contributed by atoms with van der Waals surface area (Å²) in [5.74, 6) is 0.550. The number of aryl methyl sites for hydroxylation is 1. The van der Waals surface area contributed by atoms with Gasteiger partial charge in [0.1, 0.15) is 0 Å². The molecule has 0 saturated carbocycles. The van der Waals surface area contributed by atoms with Crippen LogP contribution in [-0.2, 0) is 4.79 Å². The molecule has 1 aromatic heterocycles. The van der Waals surface area contributed by atoms with Gasteiger partial charge in [-0.3, -0.25) is 9.78 Å². The van der Waals surface area contributed by atoms with E-state index in [1.54, 1.807) is 0 Å². The first-order valence-electron chi connectivity index (χ1n) is 6.58. The molecule has 1 aliphatic rings. The quantitative estimate of drug-likeness (QED) is 0.867. The molecule has 4 heteroatoms. The standard InChI is InChI=1S/C14H21N3O/c1-10(2)12-5-6-13(11(3)16-12)17-8-4-7-15-9-14(17)18/h5-6,10,15H,4,7-9H2,1-3H3. The molecule has 1 fully saturated rings. The third kappa shape index (κ3) is 2.70. The van der Waals surface area contributed by atoms with Crippen LogP contribution in [0.1, 0.15) is 37.6 Å². The monoisotopic (exact) mass is 247 g/mol. The van der Waals surface area contributed by atoms with Crippen LogP contribution in [0.15, 0.2) is 12.1 Å². The van der Waals surface area contributed by atoms with Crippen LogP contribution in [0.3, 0.4) is 0 Å². The van der Waals surface area contributed by atoms with Gasteiger partial charge in [0.25, 0.3) is 0 Å². The highest BCUT2D eigenvalue weighted by molar-refractivity contribution is 5.95. The number of carbonyl (C=O) groups excluding carboxylic acids is 1. The second kappa shape index (κ2) is 5.48. The van der Waals surface area contributed by atoms with E-state index in [0.29, 0.717) is 12.5 Å². The molecule has 0 spiro atoms. The van der Waals surface area contributed by atoms with Crippen LogP contribution in [0.5, 0.6) is 0 Å². The second-order valence-corrected chi connectivity index (χ2v) is 5.07. The van der Waals surface area contributed by atoms with E-state index < -0.39 is 0 Å². The fraction of sp³-hybridized carbons (Fsp3) is 0.571. The van der Waals surface area contributed by atoms with Crippen molar-refractivity contribution >= 4 is 11.6 Å². The van der Waals surface area contributed by atoms with Crippen LogP contribution in [0, 0.1) is 6.92 Å². The maximum atomic E-state index is 12.0. The zero-order valence-electron chi connectivity index (χ0n) is 11.4. The van der Waals surface area contributed by atoms with E-state index in [9.17, 15) is 4.79 Å². The number of nitrogens with zero attached hydrogens (tertiary/aromatic N) is 2. The number of aromatic nitrogens is 1. The second-order valence-electron chi connectivity index (χ2n) is 5.07. The number of rotatable bonds is 2. The summed E-state index contributed by atoms with van der Waals surface area (Å²) in [5, 5.41) is 3.13. The van der Waals surface area contributed by atoms with Crippen LogP contribution in [0.2, 0.25) is 0 Å². The molecular weight excluding hydrogens is 226 g/mol. The van der Waals surface area contributed by atoms with E-state index in [-0.39, 0.29) is 5.91 Å². The molecule has 4 nitrogen and oxygen atoms in total. The summed E-state index contributed by atoms with van der Waals surface area (Å²) in [5.41, 5.74) is 2.97. The Morgan fingerprint density at radius 2 is 2.17 bits per heavy atom. The molecule has 0 unspecified atom stereocenters. The van der Waals surface area contributed by atoms with E-state index >= 15 is 0 Å². The van der Waals surface area contributed by atoms with Gasteiger partial charge in [0.2, 0.25) is 5.91 Å². The molecule has 2 heterocycles. The SMILES string of the molecule is Cc1nc(C(C)C)ccc1N1CCCNCC1=O. The first-order chi connectivity index (χ1) is 8.59. The minimum absolute atomic E-state index is 0.134. The number of anilines is 1. The van der Waals surface area contributed by atoms with Gasteiger partial charge in [-0.2, -0.15) is 0 Å².